The van der Waals surface area contributed by atoms with Gasteiger partial charge in [-0.05, 0) is 42.3 Å². The summed E-state index contributed by atoms with van der Waals surface area (Å²) in [6.45, 7) is 2.08. The number of amides is 3. The zero-order valence-corrected chi connectivity index (χ0v) is 21.7. The molecule has 3 heterocycles. The molecule has 2 aromatic carbocycles. The summed E-state index contributed by atoms with van der Waals surface area (Å²) in [6.07, 6.45) is 2.30. The van der Waals surface area contributed by atoms with Crippen LogP contribution in [0.3, 0.4) is 0 Å². The van der Waals surface area contributed by atoms with Gasteiger partial charge in [-0.1, -0.05) is 54.2 Å². The number of carbonyl (C=O) groups excluding carboxylic acids is 3. The van der Waals surface area contributed by atoms with Gasteiger partial charge in [0.2, 0.25) is 11.8 Å². The van der Waals surface area contributed by atoms with Crippen LogP contribution < -0.4 is 26.8 Å². The highest BCUT2D eigenvalue weighted by molar-refractivity contribution is 7.99. The summed E-state index contributed by atoms with van der Waals surface area (Å²) >= 11 is 1.47. The Bertz CT molecular complexity index is 1430. The van der Waals surface area contributed by atoms with Crippen LogP contribution in [0.2, 0.25) is 0 Å². The molecule has 10 nitrogen and oxygen atoms in total. The summed E-state index contributed by atoms with van der Waals surface area (Å²) in [4.78, 5) is 56.0. The van der Waals surface area contributed by atoms with Gasteiger partial charge in [-0.3, -0.25) is 23.7 Å². The molecule has 2 aliphatic heterocycles. The summed E-state index contributed by atoms with van der Waals surface area (Å²) < 4.78 is 1.50. The van der Waals surface area contributed by atoms with Gasteiger partial charge in [0.05, 0.1) is 6.42 Å². The third-order valence-corrected chi connectivity index (χ3v) is 7.98. The fourth-order valence-electron chi connectivity index (χ4n) is 4.95. The minimum Gasteiger partial charge on any atom is -0.354 e. The van der Waals surface area contributed by atoms with Crippen molar-refractivity contribution in [3.05, 3.63) is 70.1 Å². The van der Waals surface area contributed by atoms with E-state index in [1.807, 2.05) is 42.5 Å². The molecule has 1 fully saturated rings. The van der Waals surface area contributed by atoms with Gasteiger partial charge in [0.1, 0.15) is 11.1 Å². The minimum atomic E-state index is -1.15. The van der Waals surface area contributed by atoms with Crippen molar-refractivity contribution < 1.29 is 14.4 Å². The standard InChI is InChI=1S/C27H30N6O4S/c34-22(16-19-6-3-5-18-4-1-2-7-20(18)19)29-12-13-30-25(37)27(8-10-28-11-9-27)32-23(35)21-17-31-26-33(24(21)36)14-15-38-26/h1-7,17,28H,8-16H2,(H,29,34)(H,30,37)(H,32,35). The number of fused-ring (bicyclic) bond motifs is 2. The molecular weight excluding hydrogens is 504 g/mol. The van der Waals surface area contributed by atoms with Crippen LogP contribution in [0, 0.1) is 0 Å². The first kappa shape index (κ1) is 25.9. The van der Waals surface area contributed by atoms with Crippen molar-refractivity contribution in [2.45, 2.75) is 36.5 Å². The highest BCUT2D eigenvalue weighted by Gasteiger charge is 2.41. The smallest absolute Gasteiger partial charge is 0.267 e. The van der Waals surface area contributed by atoms with Crippen LogP contribution in [-0.2, 0) is 22.6 Å². The van der Waals surface area contributed by atoms with E-state index in [1.54, 1.807) is 0 Å². The van der Waals surface area contributed by atoms with E-state index < -0.39 is 17.0 Å². The molecule has 1 aromatic heterocycles. The van der Waals surface area contributed by atoms with Crippen molar-refractivity contribution in [3.63, 3.8) is 0 Å². The molecule has 5 rings (SSSR count). The molecule has 2 aliphatic rings. The molecule has 1 saturated heterocycles. The van der Waals surface area contributed by atoms with E-state index in [-0.39, 0.29) is 36.9 Å². The molecule has 0 atom stereocenters. The molecule has 11 heteroatoms. The SMILES string of the molecule is O=C(Cc1cccc2ccccc12)NCCNC(=O)C1(NC(=O)c2cnc3n(c2=O)CCS3)CCNCC1. The van der Waals surface area contributed by atoms with Crippen LogP contribution in [0.5, 0.6) is 0 Å². The third-order valence-electron chi connectivity index (χ3n) is 7.01. The van der Waals surface area contributed by atoms with Crippen LogP contribution in [0.25, 0.3) is 10.8 Å². The van der Waals surface area contributed by atoms with Crippen LogP contribution in [-0.4, -0.2) is 64.7 Å². The Balaban J connectivity index is 1.17. The number of nitrogens with zero attached hydrogens (tertiary/aromatic N) is 2. The quantitative estimate of drug-likeness (QED) is 0.248. The molecule has 3 amide bonds. The Morgan fingerprint density at radius 3 is 2.63 bits per heavy atom. The van der Waals surface area contributed by atoms with Crippen molar-refractivity contribution in [2.75, 3.05) is 31.9 Å². The first-order chi connectivity index (χ1) is 18.5. The zero-order valence-electron chi connectivity index (χ0n) is 20.9. The summed E-state index contributed by atoms with van der Waals surface area (Å²) in [5, 5.41) is 14.5. The Kier molecular flexibility index (Phi) is 7.75. The van der Waals surface area contributed by atoms with E-state index in [9.17, 15) is 19.2 Å². The van der Waals surface area contributed by atoms with Crippen LogP contribution in [0.4, 0.5) is 0 Å². The van der Waals surface area contributed by atoms with E-state index in [0.717, 1.165) is 22.1 Å². The Hall–Kier alpha value is -3.70. The van der Waals surface area contributed by atoms with Gasteiger partial charge in [-0.25, -0.2) is 4.98 Å². The Morgan fingerprint density at radius 1 is 1.03 bits per heavy atom. The van der Waals surface area contributed by atoms with Crippen molar-refractivity contribution in [2.24, 2.45) is 0 Å². The van der Waals surface area contributed by atoms with Gasteiger partial charge in [0.15, 0.2) is 5.16 Å². The average Bonchev–Trinajstić information content (AvgIpc) is 3.42. The second-order valence-corrected chi connectivity index (χ2v) is 10.5. The summed E-state index contributed by atoms with van der Waals surface area (Å²) in [5.41, 5.74) is -0.671. The molecule has 198 valence electrons. The fourth-order valence-corrected chi connectivity index (χ4v) is 5.86. The monoisotopic (exact) mass is 534 g/mol. The molecular formula is C27H30N6O4S. The van der Waals surface area contributed by atoms with Gasteiger partial charge in [-0.2, -0.15) is 0 Å². The van der Waals surface area contributed by atoms with E-state index in [4.69, 9.17) is 0 Å². The fraction of sp³-hybridized carbons (Fsp3) is 0.370. The van der Waals surface area contributed by atoms with Gasteiger partial charge >= 0.3 is 0 Å². The molecule has 0 spiro atoms. The zero-order chi connectivity index (χ0) is 26.5. The molecule has 4 N–H and O–H groups in total. The maximum absolute atomic E-state index is 13.3. The van der Waals surface area contributed by atoms with Crippen molar-refractivity contribution in [1.82, 2.24) is 30.8 Å². The van der Waals surface area contributed by atoms with Gasteiger partial charge in [0, 0.05) is 31.6 Å². The highest BCUT2D eigenvalue weighted by atomic mass is 32.2. The average molecular weight is 535 g/mol. The van der Waals surface area contributed by atoms with Gasteiger partial charge in [0.25, 0.3) is 11.5 Å². The largest absolute Gasteiger partial charge is 0.354 e. The van der Waals surface area contributed by atoms with Gasteiger partial charge in [-0.15, -0.1) is 0 Å². The number of nitrogens with one attached hydrogen (secondary N) is 4. The number of hydrogen-bond donors (Lipinski definition) is 4. The van der Waals surface area contributed by atoms with Crippen LogP contribution in [0.15, 0.2) is 58.6 Å². The summed E-state index contributed by atoms with van der Waals surface area (Å²) in [6, 6.07) is 13.8. The lowest BCUT2D eigenvalue weighted by Crippen LogP contribution is -2.63. The molecule has 0 saturated carbocycles. The number of carbonyl (C=O) groups is 3. The highest BCUT2D eigenvalue weighted by Crippen LogP contribution is 2.22. The lowest BCUT2D eigenvalue weighted by Gasteiger charge is -2.37. The first-order valence-electron chi connectivity index (χ1n) is 12.7. The van der Waals surface area contributed by atoms with E-state index in [0.29, 0.717) is 37.6 Å². The van der Waals surface area contributed by atoms with Gasteiger partial charge < -0.3 is 21.3 Å². The van der Waals surface area contributed by atoms with Crippen molar-refractivity contribution in [1.29, 1.82) is 0 Å². The normalized spacial score (nSPS) is 16.0. The molecule has 0 aliphatic carbocycles. The van der Waals surface area contributed by atoms with E-state index in [2.05, 4.69) is 26.3 Å². The predicted molar refractivity (Wildman–Crippen MR) is 145 cm³/mol. The number of benzene rings is 2. The molecule has 0 radical (unpaired) electrons. The lowest BCUT2D eigenvalue weighted by molar-refractivity contribution is -0.128. The minimum absolute atomic E-state index is 0.0670. The van der Waals surface area contributed by atoms with Crippen molar-refractivity contribution in [3.8, 4) is 0 Å². The Morgan fingerprint density at radius 2 is 1.79 bits per heavy atom. The number of aromatic nitrogens is 2. The van der Waals surface area contributed by atoms with E-state index >= 15 is 0 Å². The molecule has 0 bridgehead atoms. The summed E-state index contributed by atoms with van der Waals surface area (Å²) in [5.74, 6) is -0.331. The first-order valence-corrected chi connectivity index (χ1v) is 13.7. The predicted octanol–water partition coefficient (Wildman–Crippen LogP) is 0.829. The Labute approximate surface area is 224 Å². The topological polar surface area (TPSA) is 134 Å². The lowest BCUT2D eigenvalue weighted by atomic mass is 9.87. The molecule has 38 heavy (non-hydrogen) atoms. The second kappa shape index (κ2) is 11.4. The van der Waals surface area contributed by atoms with Crippen molar-refractivity contribution >= 4 is 40.3 Å². The third kappa shape index (κ3) is 5.44. The molecule has 3 aromatic rings. The van der Waals surface area contributed by atoms with Crippen LogP contribution >= 0.6 is 11.8 Å². The number of hydrogen-bond acceptors (Lipinski definition) is 7. The second-order valence-electron chi connectivity index (χ2n) is 9.47. The number of thioether (sulfide) groups is 1. The number of piperidine rings is 1. The molecule has 0 unspecified atom stereocenters. The van der Waals surface area contributed by atoms with E-state index in [1.165, 1.54) is 22.5 Å². The van der Waals surface area contributed by atoms with Crippen LogP contribution in [0.1, 0.15) is 28.8 Å². The maximum Gasteiger partial charge on any atom is 0.267 e. The number of rotatable bonds is 8. The summed E-state index contributed by atoms with van der Waals surface area (Å²) in [7, 11) is 0. The maximum atomic E-state index is 13.3.